The molecular formula is C14H9ClFN3O. The third-order valence-electron chi connectivity index (χ3n) is 2.75. The molecule has 2 aromatic carbocycles. The summed E-state index contributed by atoms with van der Waals surface area (Å²) in [5, 5.41) is 4.45. The first-order chi connectivity index (χ1) is 9.63. The van der Waals surface area contributed by atoms with Crippen molar-refractivity contribution in [3.63, 3.8) is 0 Å². The number of hydrogen-bond acceptors (Lipinski definition) is 4. The Kier molecular flexibility index (Phi) is 3.12. The summed E-state index contributed by atoms with van der Waals surface area (Å²) in [6, 6.07) is 11.1. The highest BCUT2D eigenvalue weighted by atomic mass is 35.5. The van der Waals surface area contributed by atoms with Crippen molar-refractivity contribution in [1.82, 2.24) is 10.1 Å². The first kappa shape index (κ1) is 12.6. The average Bonchev–Trinajstić information content (AvgIpc) is 2.88. The Morgan fingerprint density at radius 2 is 2.00 bits per heavy atom. The number of halogens is 2. The SMILES string of the molecule is Nc1cc(F)ccc1-c1nc(-c2cccc(Cl)c2)no1. The first-order valence-electron chi connectivity index (χ1n) is 5.78. The molecule has 0 atom stereocenters. The summed E-state index contributed by atoms with van der Waals surface area (Å²) < 4.78 is 18.2. The van der Waals surface area contributed by atoms with Crippen LogP contribution in [-0.2, 0) is 0 Å². The molecule has 2 N–H and O–H groups in total. The highest BCUT2D eigenvalue weighted by Gasteiger charge is 2.13. The van der Waals surface area contributed by atoms with Gasteiger partial charge in [-0.2, -0.15) is 4.98 Å². The first-order valence-corrected chi connectivity index (χ1v) is 6.16. The van der Waals surface area contributed by atoms with Gasteiger partial charge in [-0.1, -0.05) is 28.9 Å². The molecule has 0 saturated carbocycles. The summed E-state index contributed by atoms with van der Waals surface area (Å²) in [5.41, 5.74) is 7.20. The molecule has 6 heteroatoms. The normalized spacial score (nSPS) is 10.7. The van der Waals surface area contributed by atoms with Crippen molar-refractivity contribution >= 4 is 17.3 Å². The molecule has 3 aromatic rings. The molecule has 4 nitrogen and oxygen atoms in total. The lowest BCUT2D eigenvalue weighted by Gasteiger charge is -1.99. The second-order valence-corrected chi connectivity index (χ2v) is 4.60. The molecule has 1 heterocycles. The summed E-state index contributed by atoms with van der Waals surface area (Å²) in [6.45, 7) is 0. The van der Waals surface area contributed by atoms with Gasteiger partial charge in [0.2, 0.25) is 5.82 Å². The topological polar surface area (TPSA) is 64.9 Å². The van der Waals surface area contributed by atoms with Gasteiger partial charge in [-0.05, 0) is 30.3 Å². The van der Waals surface area contributed by atoms with Crippen LogP contribution in [0.25, 0.3) is 22.8 Å². The lowest BCUT2D eigenvalue weighted by atomic mass is 10.1. The van der Waals surface area contributed by atoms with Crippen LogP contribution < -0.4 is 5.73 Å². The summed E-state index contributed by atoms with van der Waals surface area (Å²) in [6.07, 6.45) is 0. The number of nitrogen functional groups attached to an aromatic ring is 1. The van der Waals surface area contributed by atoms with Gasteiger partial charge in [0.25, 0.3) is 5.89 Å². The molecular weight excluding hydrogens is 281 g/mol. The fourth-order valence-electron chi connectivity index (χ4n) is 1.81. The Hall–Kier alpha value is -2.40. The number of aromatic nitrogens is 2. The van der Waals surface area contributed by atoms with E-state index in [4.69, 9.17) is 21.9 Å². The van der Waals surface area contributed by atoms with Gasteiger partial charge in [-0.15, -0.1) is 0 Å². The number of rotatable bonds is 2. The smallest absolute Gasteiger partial charge is 0.260 e. The Bertz CT molecular complexity index is 773. The maximum Gasteiger partial charge on any atom is 0.260 e. The van der Waals surface area contributed by atoms with Crippen LogP contribution in [0.1, 0.15) is 0 Å². The molecule has 0 saturated heterocycles. The average molecular weight is 290 g/mol. The second-order valence-electron chi connectivity index (χ2n) is 4.17. The quantitative estimate of drug-likeness (QED) is 0.729. The van der Waals surface area contributed by atoms with Gasteiger partial charge in [-0.25, -0.2) is 4.39 Å². The summed E-state index contributed by atoms with van der Waals surface area (Å²) >= 11 is 5.91. The Balaban J connectivity index is 2.02. The van der Waals surface area contributed by atoms with Crippen molar-refractivity contribution in [2.75, 3.05) is 5.73 Å². The minimum absolute atomic E-state index is 0.234. The van der Waals surface area contributed by atoms with E-state index in [-0.39, 0.29) is 11.6 Å². The van der Waals surface area contributed by atoms with E-state index in [1.165, 1.54) is 18.2 Å². The van der Waals surface area contributed by atoms with Crippen LogP contribution in [0, 0.1) is 5.82 Å². The monoisotopic (exact) mass is 289 g/mol. The van der Waals surface area contributed by atoms with Gasteiger partial charge in [0.15, 0.2) is 0 Å². The van der Waals surface area contributed by atoms with E-state index in [1.54, 1.807) is 18.2 Å². The molecule has 0 aliphatic heterocycles. The largest absolute Gasteiger partial charge is 0.398 e. The molecule has 1 aromatic heterocycles. The fraction of sp³-hybridized carbons (Fsp3) is 0. The predicted molar refractivity (Wildman–Crippen MR) is 74.6 cm³/mol. The summed E-state index contributed by atoms with van der Waals surface area (Å²) in [5.74, 6) is 0.213. The van der Waals surface area contributed by atoms with Crippen LogP contribution in [0.5, 0.6) is 0 Å². The Morgan fingerprint density at radius 3 is 2.75 bits per heavy atom. The van der Waals surface area contributed by atoms with Crippen LogP contribution in [0.4, 0.5) is 10.1 Å². The summed E-state index contributed by atoms with van der Waals surface area (Å²) in [4.78, 5) is 4.24. The van der Waals surface area contributed by atoms with Crippen LogP contribution in [0.15, 0.2) is 47.0 Å². The van der Waals surface area contributed by atoms with Crippen LogP contribution >= 0.6 is 11.6 Å². The molecule has 0 radical (unpaired) electrons. The Morgan fingerprint density at radius 1 is 1.15 bits per heavy atom. The molecule has 100 valence electrons. The highest BCUT2D eigenvalue weighted by Crippen LogP contribution is 2.27. The van der Waals surface area contributed by atoms with Gasteiger partial charge in [0, 0.05) is 16.3 Å². The molecule has 3 rings (SSSR count). The van der Waals surface area contributed by atoms with E-state index < -0.39 is 5.82 Å². The van der Waals surface area contributed by atoms with E-state index >= 15 is 0 Å². The summed E-state index contributed by atoms with van der Waals surface area (Å²) in [7, 11) is 0. The predicted octanol–water partition coefficient (Wildman–Crippen LogP) is 3.78. The lowest BCUT2D eigenvalue weighted by molar-refractivity contribution is 0.432. The van der Waals surface area contributed by atoms with E-state index in [2.05, 4.69) is 10.1 Å². The zero-order chi connectivity index (χ0) is 14.1. The molecule has 20 heavy (non-hydrogen) atoms. The fourth-order valence-corrected chi connectivity index (χ4v) is 2.00. The van der Waals surface area contributed by atoms with Gasteiger partial charge < -0.3 is 10.3 Å². The van der Waals surface area contributed by atoms with E-state index in [1.807, 2.05) is 6.07 Å². The van der Waals surface area contributed by atoms with E-state index in [0.29, 0.717) is 16.4 Å². The number of anilines is 1. The zero-order valence-electron chi connectivity index (χ0n) is 10.2. The molecule has 0 aliphatic carbocycles. The molecule has 0 aliphatic rings. The molecule has 0 unspecified atom stereocenters. The van der Waals surface area contributed by atoms with Gasteiger partial charge in [0.05, 0.1) is 5.56 Å². The molecule has 0 amide bonds. The maximum absolute atomic E-state index is 13.0. The number of nitrogens with zero attached hydrogens (tertiary/aromatic N) is 2. The standard InChI is InChI=1S/C14H9ClFN3O/c15-9-3-1-2-8(6-9)13-18-14(20-19-13)11-5-4-10(16)7-12(11)17/h1-7H,17H2. The number of hydrogen-bond donors (Lipinski definition) is 1. The van der Waals surface area contributed by atoms with Crippen molar-refractivity contribution in [2.45, 2.75) is 0 Å². The van der Waals surface area contributed by atoms with Crippen LogP contribution in [-0.4, -0.2) is 10.1 Å². The second kappa shape index (κ2) is 4.94. The minimum Gasteiger partial charge on any atom is -0.398 e. The number of nitrogens with two attached hydrogens (primary N) is 1. The molecule has 0 fully saturated rings. The van der Waals surface area contributed by atoms with Crippen molar-refractivity contribution in [3.05, 3.63) is 53.3 Å². The van der Waals surface area contributed by atoms with Crippen molar-refractivity contribution < 1.29 is 8.91 Å². The van der Waals surface area contributed by atoms with E-state index in [0.717, 1.165) is 5.56 Å². The van der Waals surface area contributed by atoms with Crippen molar-refractivity contribution in [3.8, 4) is 22.8 Å². The minimum atomic E-state index is -0.416. The number of benzene rings is 2. The van der Waals surface area contributed by atoms with Crippen molar-refractivity contribution in [2.24, 2.45) is 0 Å². The third-order valence-corrected chi connectivity index (χ3v) is 2.99. The van der Waals surface area contributed by atoms with Crippen LogP contribution in [0.2, 0.25) is 5.02 Å². The maximum atomic E-state index is 13.0. The lowest BCUT2D eigenvalue weighted by Crippen LogP contribution is -1.91. The highest BCUT2D eigenvalue weighted by molar-refractivity contribution is 6.30. The van der Waals surface area contributed by atoms with Crippen LogP contribution in [0.3, 0.4) is 0 Å². The van der Waals surface area contributed by atoms with Gasteiger partial charge >= 0.3 is 0 Å². The molecule has 0 spiro atoms. The van der Waals surface area contributed by atoms with Crippen molar-refractivity contribution in [1.29, 1.82) is 0 Å². The molecule has 0 bridgehead atoms. The van der Waals surface area contributed by atoms with Gasteiger partial charge in [0.1, 0.15) is 5.82 Å². The van der Waals surface area contributed by atoms with Gasteiger partial charge in [-0.3, -0.25) is 0 Å². The zero-order valence-corrected chi connectivity index (χ0v) is 10.9. The Labute approximate surface area is 119 Å². The third kappa shape index (κ3) is 2.35. The van der Waals surface area contributed by atoms with E-state index in [9.17, 15) is 4.39 Å².